The van der Waals surface area contributed by atoms with Gasteiger partial charge in [0.15, 0.2) is 0 Å². The Hall–Kier alpha value is -5.70. The van der Waals surface area contributed by atoms with Crippen molar-refractivity contribution in [1.29, 1.82) is 0 Å². The summed E-state index contributed by atoms with van der Waals surface area (Å²) in [5.74, 6) is 0. The molecule has 0 fully saturated rings. The first-order chi connectivity index (χ1) is 22.8. The number of hydrogen-bond donors (Lipinski definition) is 0. The van der Waals surface area contributed by atoms with Crippen molar-refractivity contribution in [2.45, 2.75) is 0 Å². The molecule has 0 spiro atoms. The van der Waals surface area contributed by atoms with Crippen LogP contribution in [0.3, 0.4) is 0 Å². The van der Waals surface area contributed by atoms with Crippen LogP contribution in [0.2, 0.25) is 0 Å². The molecule has 0 aliphatic rings. The molecule has 0 atom stereocenters. The largest absolute Gasteiger partial charge is 0.310 e. The molecule has 0 bridgehead atoms. The predicted octanol–water partition coefficient (Wildman–Crippen LogP) is 13.2. The molecule has 1 aromatic heterocycles. The van der Waals surface area contributed by atoms with E-state index in [-0.39, 0.29) is 0 Å². The van der Waals surface area contributed by atoms with Crippen LogP contribution in [0.5, 0.6) is 0 Å². The summed E-state index contributed by atoms with van der Waals surface area (Å²) in [5, 5.41) is 7.66. The molecule has 46 heavy (non-hydrogen) atoms. The number of rotatable bonds is 5. The van der Waals surface area contributed by atoms with Crippen LogP contribution < -0.4 is 4.90 Å². The SMILES string of the molecule is c1ccc(-c2ccc(N(c3ccc4ccccc4c3)c3ccc4sc5c6ccccc6c(-c6ccccc6)cc5c4c3)cc2)cc1. The molecule has 0 saturated heterocycles. The molecule has 2 heteroatoms. The van der Waals surface area contributed by atoms with Crippen molar-refractivity contribution in [2.24, 2.45) is 0 Å². The molecule has 1 nitrogen and oxygen atoms in total. The number of anilines is 3. The van der Waals surface area contributed by atoms with Gasteiger partial charge in [-0.15, -0.1) is 11.3 Å². The van der Waals surface area contributed by atoms with Crippen LogP contribution in [0.15, 0.2) is 176 Å². The molecule has 9 aromatic rings. The molecule has 0 N–H and O–H groups in total. The lowest BCUT2D eigenvalue weighted by Crippen LogP contribution is -2.09. The van der Waals surface area contributed by atoms with E-state index in [2.05, 4.69) is 181 Å². The van der Waals surface area contributed by atoms with Gasteiger partial charge in [-0.25, -0.2) is 0 Å². The summed E-state index contributed by atoms with van der Waals surface area (Å²) >= 11 is 1.89. The lowest BCUT2D eigenvalue weighted by Gasteiger charge is -2.26. The van der Waals surface area contributed by atoms with E-state index in [0.29, 0.717) is 0 Å². The molecule has 0 unspecified atom stereocenters. The molecule has 0 amide bonds. The quantitative estimate of drug-likeness (QED) is 0.189. The Bertz CT molecular complexity index is 2510. The Balaban J connectivity index is 1.26. The Kier molecular flexibility index (Phi) is 6.40. The van der Waals surface area contributed by atoms with Crippen LogP contribution in [0.1, 0.15) is 0 Å². The van der Waals surface area contributed by atoms with Gasteiger partial charge < -0.3 is 4.90 Å². The van der Waals surface area contributed by atoms with Crippen molar-refractivity contribution in [3.63, 3.8) is 0 Å². The third-order valence-corrected chi connectivity index (χ3v) is 10.2. The van der Waals surface area contributed by atoms with Gasteiger partial charge in [-0.1, -0.05) is 127 Å². The highest BCUT2D eigenvalue weighted by atomic mass is 32.1. The molecule has 0 radical (unpaired) electrons. The minimum absolute atomic E-state index is 1.13. The third kappa shape index (κ3) is 4.54. The summed E-state index contributed by atoms with van der Waals surface area (Å²) in [7, 11) is 0. The number of hydrogen-bond acceptors (Lipinski definition) is 2. The van der Waals surface area contributed by atoms with Crippen LogP contribution in [-0.4, -0.2) is 0 Å². The van der Waals surface area contributed by atoms with E-state index in [9.17, 15) is 0 Å². The molecule has 8 aromatic carbocycles. The van der Waals surface area contributed by atoms with E-state index in [1.165, 1.54) is 64.0 Å². The van der Waals surface area contributed by atoms with Crippen LogP contribution in [0, 0.1) is 0 Å². The van der Waals surface area contributed by atoms with Gasteiger partial charge in [-0.05, 0) is 86.9 Å². The van der Waals surface area contributed by atoms with Gasteiger partial charge in [0, 0.05) is 42.6 Å². The highest BCUT2D eigenvalue weighted by Crippen LogP contribution is 2.45. The second-order valence-electron chi connectivity index (χ2n) is 11.8. The summed E-state index contributed by atoms with van der Waals surface area (Å²) < 4.78 is 2.64. The second kappa shape index (κ2) is 11.0. The smallest absolute Gasteiger partial charge is 0.0468 e. The van der Waals surface area contributed by atoms with Gasteiger partial charge in [-0.3, -0.25) is 0 Å². The van der Waals surface area contributed by atoms with E-state index in [4.69, 9.17) is 0 Å². The third-order valence-electron chi connectivity index (χ3n) is 9.03. The standard InChI is InChI=1S/C44H29NS/c1-3-11-30(12-4-1)32-19-22-35(23-20-32)45(36-24-21-31-13-7-8-16-34(31)27-36)37-25-26-43-41(28-37)42-29-40(33-14-5-2-6-15-33)38-17-9-10-18-39(38)44(42)46-43/h1-29H. The monoisotopic (exact) mass is 603 g/mol. The van der Waals surface area contributed by atoms with E-state index in [1.807, 2.05) is 11.3 Å². The summed E-state index contributed by atoms with van der Waals surface area (Å²) in [6.45, 7) is 0. The van der Waals surface area contributed by atoms with Gasteiger partial charge in [-0.2, -0.15) is 0 Å². The van der Waals surface area contributed by atoms with Gasteiger partial charge in [0.2, 0.25) is 0 Å². The van der Waals surface area contributed by atoms with Gasteiger partial charge in [0.05, 0.1) is 0 Å². The second-order valence-corrected chi connectivity index (χ2v) is 12.8. The van der Waals surface area contributed by atoms with E-state index in [1.54, 1.807) is 0 Å². The van der Waals surface area contributed by atoms with Crippen LogP contribution >= 0.6 is 11.3 Å². The fourth-order valence-corrected chi connectivity index (χ4v) is 7.98. The highest BCUT2D eigenvalue weighted by molar-refractivity contribution is 7.26. The topological polar surface area (TPSA) is 3.24 Å². The zero-order valence-electron chi connectivity index (χ0n) is 25.1. The Morgan fingerprint density at radius 1 is 0.348 bits per heavy atom. The molecular formula is C44H29NS. The molecule has 0 aliphatic carbocycles. The maximum absolute atomic E-state index is 2.41. The Labute approximate surface area is 272 Å². The molecule has 1 heterocycles. The van der Waals surface area contributed by atoms with Crippen molar-refractivity contribution in [2.75, 3.05) is 4.90 Å². The predicted molar refractivity (Wildman–Crippen MR) is 200 cm³/mol. The summed E-state index contributed by atoms with van der Waals surface area (Å²) in [6.07, 6.45) is 0. The zero-order valence-corrected chi connectivity index (χ0v) is 25.9. The molecule has 216 valence electrons. The Morgan fingerprint density at radius 2 is 0.935 bits per heavy atom. The fourth-order valence-electron chi connectivity index (χ4n) is 6.78. The maximum Gasteiger partial charge on any atom is 0.0468 e. The summed E-state index contributed by atoms with van der Waals surface area (Å²) in [5.41, 5.74) is 8.36. The summed E-state index contributed by atoms with van der Waals surface area (Å²) in [6, 6.07) is 63.9. The molecule has 0 aliphatic heterocycles. The highest BCUT2D eigenvalue weighted by Gasteiger charge is 2.18. The number of thiophene rings is 1. The average molecular weight is 604 g/mol. The minimum Gasteiger partial charge on any atom is -0.310 e. The fraction of sp³-hybridized carbons (Fsp3) is 0. The Morgan fingerprint density at radius 3 is 1.72 bits per heavy atom. The van der Waals surface area contributed by atoms with E-state index in [0.717, 1.165) is 17.1 Å². The number of nitrogens with zero attached hydrogens (tertiary/aromatic N) is 1. The van der Waals surface area contributed by atoms with E-state index >= 15 is 0 Å². The first-order valence-corrected chi connectivity index (χ1v) is 16.5. The zero-order chi connectivity index (χ0) is 30.5. The van der Waals surface area contributed by atoms with Crippen molar-refractivity contribution in [1.82, 2.24) is 0 Å². The molecule has 0 saturated carbocycles. The first-order valence-electron chi connectivity index (χ1n) is 15.7. The van der Waals surface area contributed by atoms with Crippen LogP contribution in [-0.2, 0) is 0 Å². The van der Waals surface area contributed by atoms with Crippen molar-refractivity contribution < 1.29 is 0 Å². The lowest BCUT2D eigenvalue weighted by atomic mass is 9.95. The minimum atomic E-state index is 1.13. The number of fused-ring (bicyclic) bond motifs is 6. The first kappa shape index (κ1) is 26.7. The lowest BCUT2D eigenvalue weighted by molar-refractivity contribution is 1.30. The van der Waals surface area contributed by atoms with Crippen LogP contribution in [0.4, 0.5) is 17.1 Å². The van der Waals surface area contributed by atoms with Gasteiger partial charge >= 0.3 is 0 Å². The van der Waals surface area contributed by atoms with Gasteiger partial charge in [0.25, 0.3) is 0 Å². The maximum atomic E-state index is 2.41. The molecule has 9 rings (SSSR count). The van der Waals surface area contributed by atoms with Gasteiger partial charge in [0.1, 0.15) is 0 Å². The summed E-state index contributed by atoms with van der Waals surface area (Å²) in [4.78, 5) is 2.39. The average Bonchev–Trinajstić information content (AvgIpc) is 3.51. The van der Waals surface area contributed by atoms with Crippen molar-refractivity contribution >= 4 is 70.1 Å². The normalized spacial score (nSPS) is 11.5. The van der Waals surface area contributed by atoms with Crippen molar-refractivity contribution in [3.8, 4) is 22.3 Å². The van der Waals surface area contributed by atoms with E-state index < -0.39 is 0 Å². The molecular weight excluding hydrogens is 575 g/mol. The number of benzene rings is 8. The van der Waals surface area contributed by atoms with Crippen molar-refractivity contribution in [3.05, 3.63) is 176 Å². The van der Waals surface area contributed by atoms with Crippen LogP contribution in [0.25, 0.3) is 64.0 Å².